The van der Waals surface area contributed by atoms with Crippen molar-refractivity contribution in [3.63, 3.8) is 0 Å². The van der Waals surface area contributed by atoms with E-state index in [2.05, 4.69) is 5.32 Å². The molecule has 5 nitrogen and oxygen atoms in total. The van der Waals surface area contributed by atoms with Gasteiger partial charge in [0, 0.05) is 24.4 Å². The van der Waals surface area contributed by atoms with Crippen LogP contribution in [0.2, 0.25) is 0 Å². The average Bonchev–Trinajstić information content (AvgIpc) is 3.19. The summed E-state index contributed by atoms with van der Waals surface area (Å²) >= 11 is 0. The zero-order chi connectivity index (χ0) is 13.8. The number of carbonyl (C=O) groups excluding carboxylic acids is 2. The van der Waals surface area contributed by atoms with Crippen molar-refractivity contribution in [3.8, 4) is 5.75 Å². The summed E-state index contributed by atoms with van der Waals surface area (Å²) in [4.78, 5) is 23.4. The molecule has 2 rings (SSSR count). The number of ether oxygens (including phenoxy) is 1. The minimum Gasteiger partial charge on any atom is -0.495 e. The van der Waals surface area contributed by atoms with Crippen molar-refractivity contribution >= 4 is 17.4 Å². The Labute approximate surface area is 112 Å². The second-order valence-electron chi connectivity index (χ2n) is 4.72. The molecule has 1 fully saturated rings. The van der Waals surface area contributed by atoms with Crippen molar-refractivity contribution in [3.05, 3.63) is 23.8 Å². The van der Waals surface area contributed by atoms with Crippen LogP contribution in [0.25, 0.3) is 0 Å². The van der Waals surface area contributed by atoms with Crippen molar-refractivity contribution in [2.75, 3.05) is 12.8 Å². The van der Waals surface area contributed by atoms with E-state index in [1.54, 1.807) is 18.2 Å². The minimum absolute atomic E-state index is 0.0580. The standard InChI is InChI=1S/C14H18N2O3/c1-19-13-6-2-9(8-11(13)15)12(17)5-7-14(18)16-10-3-4-10/h2,6,8,10H,3-5,7,15H2,1H3,(H,16,18). The van der Waals surface area contributed by atoms with E-state index < -0.39 is 0 Å². The Morgan fingerprint density at radius 1 is 1.37 bits per heavy atom. The van der Waals surface area contributed by atoms with Crippen LogP contribution >= 0.6 is 0 Å². The van der Waals surface area contributed by atoms with Crippen LogP contribution < -0.4 is 15.8 Å². The lowest BCUT2D eigenvalue weighted by Crippen LogP contribution is -2.25. The molecule has 1 saturated carbocycles. The third-order valence-corrected chi connectivity index (χ3v) is 3.07. The van der Waals surface area contributed by atoms with Gasteiger partial charge in [0.1, 0.15) is 5.75 Å². The molecule has 0 bridgehead atoms. The van der Waals surface area contributed by atoms with Crippen LogP contribution in [0.1, 0.15) is 36.0 Å². The highest BCUT2D eigenvalue weighted by Crippen LogP contribution is 2.23. The quantitative estimate of drug-likeness (QED) is 0.601. The maximum atomic E-state index is 11.9. The molecule has 5 heteroatoms. The Hall–Kier alpha value is -2.04. The van der Waals surface area contributed by atoms with E-state index in [1.807, 2.05) is 0 Å². The number of methoxy groups -OCH3 is 1. The average molecular weight is 262 g/mol. The molecule has 1 aliphatic rings. The number of hydrogen-bond donors (Lipinski definition) is 2. The minimum atomic E-state index is -0.0831. The molecule has 0 aliphatic heterocycles. The third-order valence-electron chi connectivity index (χ3n) is 3.07. The third kappa shape index (κ3) is 3.71. The molecule has 0 unspecified atom stereocenters. The van der Waals surface area contributed by atoms with Gasteiger partial charge >= 0.3 is 0 Å². The molecule has 19 heavy (non-hydrogen) atoms. The van der Waals surface area contributed by atoms with Gasteiger partial charge in [0.25, 0.3) is 0 Å². The van der Waals surface area contributed by atoms with Crippen molar-refractivity contribution in [1.82, 2.24) is 5.32 Å². The number of rotatable bonds is 6. The van der Waals surface area contributed by atoms with Crippen LogP contribution in [0.4, 0.5) is 5.69 Å². The number of carbonyl (C=O) groups is 2. The molecule has 1 aliphatic carbocycles. The van der Waals surface area contributed by atoms with Crippen molar-refractivity contribution < 1.29 is 14.3 Å². The van der Waals surface area contributed by atoms with Gasteiger partial charge in [0.05, 0.1) is 12.8 Å². The highest BCUT2D eigenvalue weighted by molar-refractivity contribution is 5.99. The first-order valence-electron chi connectivity index (χ1n) is 6.36. The predicted molar refractivity (Wildman–Crippen MR) is 72.1 cm³/mol. The fraction of sp³-hybridized carbons (Fsp3) is 0.429. The van der Waals surface area contributed by atoms with Gasteiger partial charge in [-0.2, -0.15) is 0 Å². The van der Waals surface area contributed by atoms with E-state index in [1.165, 1.54) is 7.11 Å². The molecule has 1 amide bonds. The predicted octanol–water partition coefficient (Wildman–Crippen LogP) is 1.52. The second kappa shape index (κ2) is 5.73. The van der Waals surface area contributed by atoms with Gasteiger partial charge in [-0.25, -0.2) is 0 Å². The summed E-state index contributed by atoms with van der Waals surface area (Å²) in [5, 5.41) is 2.85. The van der Waals surface area contributed by atoms with Crippen molar-refractivity contribution in [2.45, 2.75) is 31.7 Å². The van der Waals surface area contributed by atoms with Crippen molar-refractivity contribution in [2.24, 2.45) is 0 Å². The van der Waals surface area contributed by atoms with Gasteiger partial charge in [0.2, 0.25) is 5.91 Å². The Balaban J connectivity index is 1.88. The molecule has 0 saturated heterocycles. The van der Waals surface area contributed by atoms with E-state index in [0.29, 0.717) is 23.0 Å². The highest BCUT2D eigenvalue weighted by Gasteiger charge is 2.23. The number of hydrogen-bond acceptors (Lipinski definition) is 4. The normalized spacial score (nSPS) is 13.9. The molecule has 0 spiro atoms. The number of anilines is 1. The summed E-state index contributed by atoms with van der Waals surface area (Å²) in [6.45, 7) is 0. The van der Waals surface area contributed by atoms with Crippen LogP contribution in [0.5, 0.6) is 5.75 Å². The van der Waals surface area contributed by atoms with Gasteiger partial charge in [-0.05, 0) is 31.0 Å². The van der Waals surface area contributed by atoms with Crippen LogP contribution in [-0.2, 0) is 4.79 Å². The first-order chi connectivity index (χ1) is 9.10. The second-order valence-corrected chi connectivity index (χ2v) is 4.72. The van der Waals surface area contributed by atoms with E-state index in [0.717, 1.165) is 12.8 Å². The monoisotopic (exact) mass is 262 g/mol. The molecular weight excluding hydrogens is 244 g/mol. The smallest absolute Gasteiger partial charge is 0.220 e. The van der Waals surface area contributed by atoms with Gasteiger partial charge in [0.15, 0.2) is 5.78 Å². The van der Waals surface area contributed by atoms with Crippen LogP contribution in [0.15, 0.2) is 18.2 Å². The molecule has 1 aromatic carbocycles. The number of ketones is 1. The number of nitrogens with one attached hydrogen (secondary N) is 1. The number of nitrogen functional groups attached to an aromatic ring is 1. The van der Waals surface area contributed by atoms with Crippen LogP contribution in [0, 0.1) is 0 Å². The Bertz CT molecular complexity index is 495. The first-order valence-corrected chi connectivity index (χ1v) is 6.36. The fourth-order valence-corrected chi connectivity index (χ4v) is 1.81. The molecule has 1 aromatic rings. The van der Waals surface area contributed by atoms with Gasteiger partial charge in [-0.3, -0.25) is 9.59 Å². The molecule has 0 atom stereocenters. The lowest BCUT2D eigenvalue weighted by atomic mass is 10.1. The fourth-order valence-electron chi connectivity index (χ4n) is 1.81. The Morgan fingerprint density at radius 2 is 2.11 bits per heavy atom. The molecule has 0 radical (unpaired) electrons. The summed E-state index contributed by atoms with van der Waals surface area (Å²) in [7, 11) is 1.52. The summed E-state index contributed by atoms with van der Waals surface area (Å²) in [6, 6.07) is 5.24. The number of nitrogens with two attached hydrogens (primary N) is 1. The van der Waals surface area contributed by atoms with E-state index in [9.17, 15) is 9.59 Å². The molecule has 3 N–H and O–H groups in total. The number of benzene rings is 1. The van der Waals surface area contributed by atoms with Crippen molar-refractivity contribution in [1.29, 1.82) is 0 Å². The molecule has 0 aromatic heterocycles. The van der Waals surface area contributed by atoms with E-state index in [-0.39, 0.29) is 24.5 Å². The summed E-state index contributed by atoms with van der Waals surface area (Å²) in [5.74, 6) is 0.403. The summed E-state index contributed by atoms with van der Waals surface area (Å²) in [5.41, 5.74) is 6.68. The van der Waals surface area contributed by atoms with Crippen LogP contribution in [0.3, 0.4) is 0 Å². The highest BCUT2D eigenvalue weighted by atomic mass is 16.5. The largest absolute Gasteiger partial charge is 0.495 e. The number of amides is 1. The van der Waals surface area contributed by atoms with Gasteiger partial charge in [-0.1, -0.05) is 0 Å². The Kier molecular flexibility index (Phi) is 4.04. The topological polar surface area (TPSA) is 81.4 Å². The maximum Gasteiger partial charge on any atom is 0.220 e. The zero-order valence-electron chi connectivity index (χ0n) is 10.9. The lowest BCUT2D eigenvalue weighted by Gasteiger charge is -2.07. The zero-order valence-corrected chi connectivity index (χ0v) is 10.9. The van der Waals surface area contributed by atoms with E-state index >= 15 is 0 Å². The summed E-state index contributed by atoms with van der Waals surface area (Å²) in [6.07, 6.45) is 2.52. The molecule has 102 valence electrons. The molecule has 0 heterocycles. The van der Waals surface area contributed by atoms with Crippen LogP contribution in [-0.4, -0.2) is 24.8 Å². The maximum absolute atomic E-state index is 11.9. The SMILES string of the molecule is COc1ccc(C(=O)CCC(=O)NC2CC2)cc1N. The lowest BCUT2D eigenvalue weighted by molar-refractivity contribution is -0.121. The summed E-state index contributed by atoms with van der Waals surface area (Å²) < 4.78 is 5.03. The first kappa shape index (κ1) is 13.4. The Morgan fingerprint density at radius 3 is 2.68 bits per heavy atom. The molecular formula is C14H18N2O3. The van der Waals surface area contributed by atoms with E-state index in [4.69, 9.17) is 10.5 Å². The number of Topliss-reactive ketones (excluding diaryl/α,β-unsaturated/α-hetero) is 1. The van der Waals surface area contributed by atoms with Gasteiger partial charge in [-0.15, -0.1) is 0 Å². The van der Waals surface area contributed by atoms with Gasteiger partial charge < -0.3 is 15.8 Å².